The topological polar surface area (TPSA) is 100 Å². The zero-order valence-corrected chi connectivity index (χ0v) is 9.71. The molecule has 0 aliphatic carbocycles. The average Bonchev–Trinajstić information content (AvgIpc) is 2.87. The van der Waals surface area contributed by atoms with Crippen LogP contribution in [0.2, 0.25) is 0 Å². The van der Waals surface area contributed by atoms with Gasteiger partial charge in [0.1, 0.15) is 12.0 Å². The molecule has 2 aromatic rings. The normalized spacial score (nSPS) is 12.9. The Morgan fingerprint density at radius 2 is 2.29 bits per heavy atom. The minimum Gasteiger partial charge on any atom is -0.449 e. The molecule has 1 atom stereocenters. The number of methoxy groups -OCH3 is 1. The van der Waals surface area contributed by atoms with Crippen LogP contribution in [0.4, 0.5) is 0 Å². The van der Waals surface area contributed by atoms with E-state index < -0.39 is 0 Å². The van der Waals surface area contributed by atoms with Crippen molar-refractivity contribution >= 4 is 0 Å². The predicted octanol–water partition coefficient (Wildman–Crippen LogP) is 0.549. The molecule has 92 valence electrons. The summed E-state index contributed by atoms with van der Waals surface area (Å²) in [5.74, 6) is 1.43. The zero-order chi connectivity index (χ0) is 12.3. The van der Waals surface area contributed by atoms with Crippen molar-refractivity contribution in [3.63, 3.8) is 0 Å². The summed E-state index contributed by atoms with van der Waals surface area (Å²) in [6, 6.07) is -0.160. The van der Waals surface area contributed by atoms with Gasteiger partial charge in [-0.1, -0.05) is 5.16 Å². The van der Waals surface area contributed by atoms with E-state index in [9.17, 15) is 0 Å². The van der Waals surface area contributed by atoms with Crippen molar-refractivity contribution in [2.24, 2.45) is 5.73 Å². The third kappa shape index (κ3) is 2.89. The fourth-order valence-corrected chi connectivity index (χ4v) is 1.41. The van der Waals surface area contributed by atoms with Crippen LogP contribution in [0, 0.1) is 6.92 Å². The van der Waals surface area contributed by atoms with Gasteiger partial charge in [-0.3, -0.25) is 0 Å². The van der Waals surface area contributed by atoms with E-state index >= 15 is 0 Å². The Morgan fingerprint density at radius 3 is 2.94 bits per heavy atom. The molecule has 0 saturated heterocycles. The summed E-state index contributed by atoms with van der Waals surface area (Å²) >= 11 is 0. The second kappa shape index (κ2) is 5.07. The van der Waals surface area contributed by atoms with Gasteiger partial charge in [-0.25, -0.2) is 4.98 Å². The Bertz CT molecular complexity index is 479. The van der Waals surface area contributed by atoms with Crippen molar-refractivity contribution in [1.82, 2.24) is 15.1 Å². The lowest BCUT2D eigenvalue weighted by molar-refractivity contribution is 0.176. The highest BCUT2D eigenvalue weighted by Gasteiger charge is 2.14. The SMILES string of the molecule is COCC(N)Cc1nc(-c2coc(C)n2)no1. The number of rotatable bonds is 5. The van der Waals surface area contributed by atoms with Gasteiger partial charge in [0.05, 0.1) is 6.61 Å². The summed E-state index contributed by atoms with van der Waals surface area (Å²) in [6.45, 7) is 2.19. The van der Waals surface area contributed by atoms with Gasteiger partial charge in [-0.2, -0.15) is 4.98 Å². The summed E-state index contributed by atoms with van der Waals surface area (Å²) in [6.07, 6.45) is 1.96. The van der Waals surface area contributed by atoms with Gasteiger partial charge in [0.2, 0.25) is 11.7 Å². The first-order chi connectivity index (χ1) is 8.19. The van der Waals surface area contributed by atoms with Crippen LogP contribution in [-0.4, -0.2) is 34.9 Å². The van der Waals surface area contributed by atoms with Crippen molar-refractivity contribution < 1.29 is 13.7 Å². The molecule has 2 rings (SSSR count). The monoisotopic (exact) mass is 238 g/mol. The van der Waals surface area contributed by atoms with E-state index in [4.69, 9.17) is 19.4 Å². The van der Waals surface area contributed by atoms with Gasteiger partial charge >= 0.3 is 0 Å². The number of oxazole rings is 1. The lowest BCUT2D eigenvalue weighted by Crippen LogP contribution is -2.28. The number of aryl methyl sites for hydroxylation is 1. The Kier molecular flexibility index (Phi) is 3.50. The van der Waals surface area contributed by atoms with Gasteiger partial charge in [0.15, 0.2) is 5.89 Å². The lowest BCUT2D eigenvalue weighted by atomic mass is 10.2. The van der Waals surface area contributed by atoms with Gasteiger partial charge < -0.3 is 19.4 Å². The molecule has 7 nitrogen and oxygen atoms in total. The maximum atomic E-state index is 5.78. The summed E-state index contributed by atoms with van der Waals surface area (Å²) in [4.78, 5) is 8.28. The highest BCUT2D eigenvalue weighted by Crippen LogP contribution is 2.15. The highest BCUT2D eigenvalue weighted by molar-refractivity contribution is 5.45. The fourth-order valence-electron chi connectivity index (χ4n) is 1.41. The number of aromatic nitrogens is 3. The van der Waals surface area contributed by atoms with E-state index in [0.717, 1.165) is 0 Å². The summed E-state index contributed by atoms with van der Waals surface area (Å²) in [5.41, 5.74) is 6.33. The number of nitrogens with two attached hydrogens (primary N) is 1. The lowest BCUT2D eigenvalue weighted by Gasteiger charge is -2.05. The molecule has 2 aromatic heterocycles. The Balaban J connectivity index is 2.05. The quantitative estimate of drug-likeness (QED) is 0.811. The predicted molar refractivity (Wildman–Crippen MR) is 58.1 cm³/mol. The van der Waals surface area contributed by atoms with Crippen LogP contribution < -0.4 is 5.73 Å². The van der Waals surface area contributed by atoms with E-state index in [2.05, 4.69) is 15.1 Å². The van der Waals surface area contributed by atoms with E-state index in [-0.39, 0.29) is 6.04 Å². The average molecular weight is 238 g/mol. The number of hydrogen-bond acceptors (Lipinski definition) is 7. The van der Waals surface area contributed by atoms with Crippen molar-refractivity contribution in [2.75, 3.05) is 13.7 Å². The minimum absolute atomic E-state index is 0.160. The first-order valence-electron chi connectivity index (χ1n) is 5.18. The fraction of sp³-hybridized carbons (Fsp3) is 0.500. The Hall–Kier alpha value is -1.73. The molecule has 7 heteroatoms. The third-order valence-electron chi connectivity index (χ3n) is 2.13. The van der Waals surface area contributed by atoms with Gasteiger partial charge in [0.25, 0.3) is 0 Å². The molecular formula is C10H14N4O3. The van der Waals surface area contributed by atoms with Gasteiger partial charge in [-0.15, -0.1) is 0 Å². The maximum Gasteiger partial charge on any atom is 0.228 e. The van der Waals surface area contributed by atoms with Crippen molar-refractivity contribution in [3.8, 4) is 11.5 Å². The Labute approximate surface area is 98.0 Å². The first kappa shape index (κ1) is 11.7. The molecule has 2 heterocycles. The molecule has 0 fully saturated rings. The maximum absolute atomic E-state index is 5.78. The van der Waals surface area contributed by atoms with Crippen LogP contribution in [-0.2, 0) is 11.2 Å². The molecular weight excluding hydrogens is 224 g/mol. The Morgan fingerprint density at radius 1 is 1.47 bits per heavy atom. The van der Waals surface area contributed by atoms with E-state index in [1.54, 1.807) is 14.0 Å². The summed E-state index contributed by atoms with van der Waals surface area (Å²) < 4.78 is 15.1. The smallest absolute Gasteiger partial charge is 0.228 e. The van der Waals surface area contributed by atoms with Gasteiger partial charge in [-0.05, 0) is 0 Å². The third-order valence-corrected chi connectivity index (χ3v) is 2.13. The standard InChI is InChI=1S/C10H14N4O3/c1-6-12-8(5-16-6)10-13-9(17-14-10)3-7(11)4-15-2/h5,7H,3-4,11H2,1-2H3. The van der Waals surface area contributed by atoms with Crippen LogP contribution in [0.1, 0.15) is 11.8 Å². The van der Waals surface area contributed by atoms with E-state index in [1.165, 1.54) is 6.26 Å². The molecule has 0 amide bonds. The second-order valence-electron chi connectivity index (χ2n) is 3.68. The van der Waals surface area contributed by atoms with Crippen molar-refractivity contribution in [2.45, 2.75) is 19.4 Å². The van der Waals surface area contributed by atoms with Crippen LogP contribution in [0.3, 0.4) is 0 Å². The van der Waals surface area contributed by atoms with Crippen LogP contribution in [0.5, 0.6) is 0 Å². The number of nitrogens with zero attached hydrogens (tertiary/aromatic N) is 3. The van der Waals surface area contributed by atoms with Gasteiger partial charge in [0, 0.05) is 26.5 Å². The summed E-state index contributed by atoms with van der Waals surface area (Å²) in [5, 5.41) is 3.81. The largest absolute Gasteiger partial charge is 0.449 e. The van der Waals surface area contributed by atoms with Crippen LogP contribution >= 0.6 is 0 Å². The molecule has 1 unspecified atom stereocenters. The van der Waals surface area contributed by atoms with E-state index in [0.29, 0.717) is 36.3 Å². The zero-order valence-electron chi connectivity index (χ0n) is 9.71. The number of hydrogen-bond donors (Lipinski definition) is 1. The highest BCUT2D eigenvalue weighted by atomic mass is 16.5. The molecule has 0 saturated carbocycles. The second-order valence-corrected chi connectivity index (χ2v) is 3.68. The molecule has 0 spiro atoms. The molecule has 0 aliphatic rings. The molecule has 17 heavy (non-hydrogen) atoms. The van der Waals surface area contributed by atoms with Crippen LogP contribution in [0.25, 0.3) is 11.5 Å². The minimum atomic E-state index is -0.160. The van der Waals surface area contributed by atoms with E-state index in [1.807, 2.05) is 0 Å². The van der Waals surface area contributed by atoms with Crippen molar-refractivity contribution in [3.05, 3.63) is 18.0 Å². The van der Waals surface area contributed by atoms with Crippen LogP contribution in [0.15, 0.2) is 15.2 Å². The molecule has 0 bridgehead atoms. The number of ether oxygens (including phenoxy) is 1. The molecule has 0 aromatic carbocycles. The molecule has 0 radical (unpaired) electrons. The molecule has 0 aliphatic heterocycles. The van der Waals surface area contributed by atoms with Crippen molar-refractivity contribution in [1.29, 1.82) is 0 Å². The first-order valence-corrected chi connectivity index (χ1v) is 5.18. The summed E-state index contributed by atoms with van der Waals surface area (Å²) in [7, 11) is 1.59. The molecule has 2 N–H and O–H groups in total.